The first-order valence-electron chi connectivity index (χ1n) is 10.3. The van der Waals surface area contributed by atoms with Crippen LogP contribution >= 0.6 is 23.8 Å². The Kier molecular flexibility index (Phi) is 8.92. The highest BCUT2D eigenvalue weighted by atomic mass is 35.5. The van der Waals surface area contributed by atoms with Gasteiger partial charge in [0.25, 0.3) is 5.91 Å². The van der Waals surface area contributed by atoms with Crippen LogP contribution in [0.2, 0.25) is 5.02 Å². The molecule has 0 saturated carbocycles. The maximum absolute atomic E-state index is 12.6. The van der Waals surface area contributed by atoms with Crippen LogP contribution in [0.1, 0.15) is 21.5 Å². The first-order chi connectivity index (χ1) is 16.0. The number of carbonyl (C=O) groups excluding carboxylic acids is 1. The van der Waals surface area contributed by atoms with Gasteiger partial charge in [0.2, 0.25) is 0 Å². The van der Waals surface area contributed by atoms with Crippen molar-refractivity contribution in [3.63, 3.8) is 0 Å². The van der Waals surface area contributed by atoms with Crippen LogP contribution in [0.4, 0.5) is 0 Å². The lowest BCUT2D eigenvalue weighted by molar-refractivity contribution is 0.0976. The molecule has 0 heterocycles. The zero-order valence-corrected chi connectivity index (χ0v) is 20.0. The van der Waals surface area contributed by atoms with Gasteiger partial charge >= 0.3 is 0 Å². The maximum atomic E-state index is 12.6. The van der Waals surface area contributed by atoms with Gasteiger partial charge in [-0.1, -0.05) is 48.0 Å². The molecule has 0 aliphatic carbocycles. The molecule has 8 heteroatoms. The second-order valence-corrected chi connectivity index (χ2v) is 7.86. The molecule has 0 spiro atoms. The van der Waals surface area contributed by atoms with Gasteiger partial charge in [-0.15, -0.1) is 0 Å². The van der Waals surface area contributed by atoms with E-state index >= 15 is 0 Å². The lowest BCUT2D eigenvalue weighted by Crippen LogP contribution is -2.38. The zero-order valence-electron chi connectivity index (χ0n) is 18.4. The second-order valence-electron chi connectivity index (χ2n) is 7.05. The van der Waals surface area contributed by atoms with Crippen LogP contribution in [-0.2, 0) is 13.0 Å². The van der Waals surface area contributed by atoms with Crippen LogP contribution in [0, 0.1) is 0 Å². The van der Waals surface area contributed by atoms with Gasteiger partial charge in [0.05, 0.1) is 20.8 Å². The van der Waals surface area contributed by atoms with Crippen molar-refractivity contribution in [1.82, 2.24) is 10.6 Å². The normalized spacial score (nSPS) is 10.3. The number of benzene rings is 3. The lowest BCUT2D eigenvalue weighted by atomic mass is 10.2. The summed E-state index contributed by atoms with van der Waals surface area (Å²) in [6, 6.07) is 20.5. The molecular formula is C25H25ClN2O4S. The number of amides is 1. The molecule has 0 aliphatic heterocycles. The molecule has 0 aliphatic rings. The van der Waals surface area contributed by atoms with Crippen molar-refractivity contribution >= 4 is 34.8 Å². The van der Waals surface area contributed by atoms with Gasteiger partial charge in [-0.05, 0) is 47.6 Å². The molecule has 33 heavy (non-hydrogen) atoms. The Morgan fingerprint density at radius 2 is 1.70 bits per heavy atom. The molecule has 0 atom stereocenters. The molecule has 0 fully saturated rings. The molecule has 0 bridgehead atoms. The van der Waals surface area contributed by atoms with Gasteiger partial charge in [0, 0.05) is 29.6 Å². The quantitative estimate of drug-likeness (QED) is 0.426. The highest BCUT2D eigenvalue weighted by Crippen LogP contribution is 2.32. The fourth-order valence-corrected chi connectivity index (χ4v) is 3.47. The number of hydrogen-bond acceptors (Lipinski definition) is 5. The Labute approximate surface area is 203 Å². The molecule has 3 aromatic carbocycles. The van der Waals surface area contributed by atoms with Gasteiger partial charge in [0.1, 0.15) is 5.75 Å². The SMILES string of the molecule is COc1cc(Cl)c(CNC(=S)NC(=O)c2cccc(OCCc3ccccc3)c2)cc1OC. The number of ether oxygens (including phenoxy) is 3. The average molecular weight is 485 g/mol. The number of thiocarbonyl (C=S) groups is 1. The van der Waals surface area contributed by atoms with Crippen LogP contribution in [0.25, 0.3) is 0 Å². The van der Waals surface area contributed by atoms with Gasteiger partial charge < -0.3 is 19.5 Å². The molecule has 0 radical (unpaired) electrons. The minimum atomic E-state index is -0.334. The van der Waals surface area contributed by atoms with Gasteiger partial charge in [0.15, 0.2) is 16.6 Å². The number of hydrogen-bond donors (Lipinski definition) is 2. The van der Waals surface area contributed by atoms with Crippen LogP contribution in [0.5, 0.6) is 17.2 Å². The van der Waals surface area contributed by atoms with E-state index in [9.17, 15) is 4.79 Å². The van der Waals surface area contributed by atoms with Gasteiger partial charge in [-0.25, -0.2) is 0 Å². The lowest BCUT2D eigenvalue weighted by Gasteiger charge is -2.14. The van der Waals surface area contributed by atoms with Crippen molar-refractivity contribution < 1.29 is 19.0 Å². The predicted octanol–water partition coefficient (Wildman–Crippen LogP) is 4.78. The van der Waals surface area contributed by atoms with Gasteiger partial charge in [-0.3, -0.25) is 10.1 Å². The van der Waals surface area contributed by atoms with E-state index in [2.05, 4.69) is 22.8 Å². The molecule has 172 valence electrons. The van der Waals surface area contributed by atoms with Crippen molar-refractivity contribution in [3.8, 4) is 17.2 Å². The summed E-state index contributed by atoms with van der Waals surface area (Å²) in [7, 11) is 3.09. The largest absolute Gasteiger partial charge is 0.493 e. The summed E-state index contributed by atoms with van der Waals surface area (Å²) in [4.78, 5) is 12.6. The molecule has 3 rings (SSSR count). The predicted molar refractivity (Wildman–Crippen MR) is 134 cm³/mol. The number of methoxy groups -OCH3 is 2. The third-order valence-electron chi connectivity index (χ3n) is 4.82. The van der Waals surface area contributed by atoms with Crippen molar-refractivity contribution in [1.29, 1.82) is 0 Å². The molecular weight excluding hydrogens is 460 g/mol. The minimum Gasteiger partial charge on any atom is -0.493 e. The Balaban J connectivity index is 1.52. The molecule has 6 nitrogen and oxygen atoms in total. The van der Waals surface area contributed by atoms with Crippen molar-refractivity contribution in [2.75, 3.05) is 20.8 Å². The highest BCUT2D eigenvalue weighted by molar-refractivity contribution is 7.80. The molecule has 1 amide bonds. The van der Waals surface area contributed by atoms with E-state index in [4.69, 9.17) is 38.0 Å². The van der Waals surface area contributed by atoms with E-state index in [0.29, 0.717) is 41.0 Å². The van der Waals surface area contributed by atoms with Crippen LogP contribution in [0.15, 0.2) is 66.7 Å². The summed E-state index contributed by atoms with van der Waals surface area (Å²) in [6.07, 6.45) is 0.782. The average Bonchev–Trinajstić information content (AvgIpc) is 2.84. The molecule has 0 aromatic heterocycles. The van der Waals surface area contributed by atoms with Crippen LogP contribution in [-0.4, -0.2) is 31.8 Å². The van der Waals surface area contributed by atoms with Crippen molar-refractivity contribution in [3.05, 3.63) is 88.4 Å². The van der Waals surface area contributed by atoms with E-state index in [0.717, 1.165) is 12.0 Å². The van der Waals surface area contributed by atoms with Crippen molar-refractivity contribution in [2.45, 2.75) is 13.0 Å². The topological polar surface area (TPSA) is 68.8 Å². The van der Waals surface area contributed by atoms with E-state index in [-0.39, 0.29) is 11.0 Å². The minimum absolute atomic E-state index is 0.182. The fourth-order valence-electron chi connectivity index (χ4n) is 3.09. The second kappa shape index (κ2) is 12.1. The summed E-state index contributed by atoms with van der Waals surface area (Å²) in [6.45, 7) is 0.822. The molecule has 0 saturated heterocycles. The van der Waals surface area contributed by atoms with E-state index in [1.54, 1.807) is 44.6 Å². The number of carbonyl (C=O) groups is 1. The monoisotopic (exact) mass is 484 g/mol. The molecule has 0 unspecified atom stereocenters. The summed E-state index contributed by atoms with van der Waals surface area (Å²) in [5.74, 6) is 1.37. The fraction of sp³-hybridized carbons (Fsp3) is 0.200. The van der Waals surface area contributed by atoms with Crippen LogP contribution in [0.3, 0.4) is 0 Å². The Hall–Kier alpha value is -3.29. The standard InChI is InChI=1S/C25H25ClN2O4S/c1-30-22-14-19(21(26)15-23(22)31-2)16-27-25(33)28-24(29)18-9-6-10-20(13-18)32-12-11-17-7-4-3-5-8-17/h3-10,13-15H,11-12,16H2,1-2H3,(H2,27,28,29,33). The Morgan fingerprint density at radius 3 is 2.42 bits per heavy atom. The summed E-state index contributed by atoms with van der Waals surface area (Å²) < 4.78 is 16.3. The highest BCUT2D eigenvalue weighted by Gasteiger charge is 2.12. The zero-order chi connectivity index (χ0) is 23.6. The third-order valence-corrected chi connectivity index (χ3v) is 5.42. The Morgan fingerprint density at radius 1 is 0.970 bits per heavy atom. The van der Waals surface area contributed by atoms with Gasteiger partial charge in [-0.2, -0.15) is 0 Å². The van der Waals surface area contributed by atoms with E-state index in [1.165, 1.54) is 5.56 Å². The maximum Gasteiger partial charge on any atom is 0.257 e. The third kappa shape index (κ3) is 7.10. The molecule has 3 aromatic rings. The number of rotatable bonds is 9. The first kappa shape index (κ1) is 24.4. The smallest absolute Gasteiger partial charge is 0.257 e. The van der Waals surface area contributed by atoms with Crippen molar-refractivity contribution in [2.24, 2.45) is 0 Å². The van der Waals surface area contributed by atoms with Crippen LogP contribution < -0.4 is 24.8 Å². The van der Waals surface area contributed by atoms with E-state index in [1.807, 2.05) is 24.3 Å². The number of halogens is 1. The first-order valence-corrected chi connectivity index (χ1v) is 11.0. The molecule has 2 N–H and O–H groups in total. The number of nitrogens with one attached hydrogen (secondary N) is 2. The summed E-state index contributed by atoms with van der Waals surface area (Å²) in [5.41, 5.74) is 2.39. The summed E-state index contributed by atoms with van der Waals surface area (Å²) >= 11 is 11.6. The Bertz CT molecular complexity index is 1110. The summed E-state index contributed by atoms with van der Waals surface area (Å²) in [5, 5.41) is 6.33. The van der Waals surface area contributed by atoms with E-state index < -0.39 is 0 Å².